The van der Waals surface area contributed by atoms with Crippen LogP contribution in [-0.2, 0) is 4.79 Å². The van der Waals surface area contributed by atoms with Gasteiger partial charge in [-0.15, -0.1) is 26.3 Å². The molecule has 4 nitrogen and oxygen atoms in total. The molecule has 4 heteroatoms. The Morgan fingerprint density at radius 2 is 1.05 bits per heavy atom. The molecule has 0 N–H and O–H groups in total. The van der Waals surface area contributed by atoms with Crippen LogP contribution >= 0.6 is 0 Å². The van der Waals surface area contributed by atoms with Gasteiger partial charge in [0.2, 0.25) is 0 Å². The molecule has 0 radical (unpaired) electrons. The van der Waals surface area contributed by atoms with Crippen LogP contribution in [-0.4, -0.2) is 47.2 Å². The number of rotatable bonds is 11. The van der Waals surface area contributed by atoms with Crippen molar-refractivity contribution in [3.8, 4) is 0 Å². The molecule has 0 saturated carbocycles. The van der Waals surface area contributed by atoms with Gasteiger partial charge in [0.25, 0.3) is 5.91 Å². The third-order valence-corrected chi connectivity index (χ3v) is 2.27. The Labute approximate surface area is 116 Å². The van der Waals surface area contributed by atoms with Crippen molar-refractivity contribution in [2.24, 2.45) is 0 Å². The molecular formula is C15H23N3O. The summed E-state index contributed by atoms with van der Waals surface area (Å²) >= 11 is 0. The van der Waals surface area contributed by atoms with Crippen LogP contribution in [0, 0.1) is 0 Å². The van der Waals surface area contributed by atoms with E-state index < -0.39 is 0 Å². The van der Waals surface area contributed by atoms with E-state index in [0.29, 0.717) is 26.2 Å². The first-order chi connectivity index (χ1) is 9.15. The zero-order valence-corrected chi connectivity index (χ0v) is 11.5. The van der Waals surface area contributed by atoms with Crippen molar-refractivity contribution in [1.29, 1.82) is 0 Å². The average Bonchev–Trinajstić information content (AvgIpc) is 2.39. The number of carbonyl (C=O) groups excluding carboxylic acids is 1. The molecule has 0 unspecified atom stereocenters. The highest BCUT2D eigenvalue weighted by Crippen LogP contribution is 2.07. The fourth-order valence-electron chi connectivity index (χ4n) is 1.59. The standard InChI is InChI=1S/C15H23N3O/c1-6-11-16(12-7-2)18(15(19)10-5)17(13-8-3)14-9-4/h6-10H,1-5,11-14H2. The molecule has 0 aliphatic heterocycles. The van der Waals surface area contributed by atoms with E-state index in [-0.39, 0.29) is 5.91 Å². The summed E-state index contributed by atoms with van der Waals surface area (Å²) in [5.74, 6) is -0.215. The molecule has 0 aromatic carbocycles. The summed E-state index contributed by atoms with van der Waals surface area (Å²) in [6, 6.07) is 0. The molecule has 0 aromatic rings. The zero-order chi connectivity index (χ0) is 14.7. The highest BCUT2D eigenvalue weighted by molar-refractivity contribution is 5.86. The third-order valence-electron chi connectivity index (χ3n) is 2.27. The molecule has 1 amide bonds. The van der Waals surface area contributed by atoms with Crippen molar-refractivity contribution in [3.05, 3.63) is 63.3 Å². The second-order valence-electron chi connectivity index (χ2n) is 3.73. The van der Waals surface area contributed by atoms with Gasteiger partial charge in [0.15, 0.2) is 0 Å². The summed E-state index contributed by atoms with van der Waals surface area (Å²) in [5, 5.41) is 5.16. The third kappa shape index (κ3) is 5.50. The molecule has 19 heavy (non-hydrogen) atoms. The van der Waals surface area contributed by atoms with E-state index >= 15 is 0 Å². The predicted octanol–water partition coefficient (Wildman–Crippen LogP) is 2.18. The Morgan fingerprint density at radius 3 is 1.26 bits per heavy atom. The Balaban J connectivity index is 5.30. The van der Waals surface area contributed by atoms with Crippen LogP contribution in [0.4, 0.5) is 0 Å². The van der Waals surface area contributed by atoms with Gasteiger partial charge in [-0.05, 0) is 6.08 Å². The summed E-state index contributed by atoms with van der Waals surface area (Å²) in [6.45, 7) is 20.4. The number of hydrogen-bond donors (Lipinski definition) is 0. The number of hydrogen-bond acceptors (Lipinski definition) is 3. The molecule has 0 aliphatic rings. The van der Waals surface area contributed by atoms with Gasteiger partial charge in [-0.25, -0.2) is 0 Å². The fourth-order valence-corrected chi connectivity index (χ4v) is 1.59. The molecule has 0 rings (SSSR count). The second-order valence-corrected chi connectivity index (χ2v) is 3.73. The number of amides is 1. The minimum atomic E-state index is -0.215. The van der Waals surface area contributed by atoms with Gasteiger partial charge in [-0.1, -0.05) is 30.9 Å². The smallest absolute Gasteiger partial charge is 0.267 e. The maximum atomic E-state index is 12.1. The quantitative estimate of drug-likeness (QED) is 0.324. The van der Waals surface area contributed by atoms with E-state index in [1.54, 1.807) is 24.3 Å². The lowest BCUT2D eigenvalue weighted by atomic mass is 10.4. The van der Waals surface area contributed by atoms with Crippen molar-refractivity contribution >= 4 is 5.91 Å². The van der Waals surface area contributed by atoms with E-state index in [1.807, 2.05) is 10.0 Å². The van der Waals surface area contributed by atoms with E-state index in [1.165, 1.54) is 11.2 Å². The summed E-state index contributed by atoms with van der Waals surface area (Å²) in [5.41, 5.74) is 0. The topological polar surface area (TPSA) is 26.8 Å². The number of carbonyl (C=O) groups is 1. The van der Waals surface area contributed by atoms with Gasteiger partial charge < -0.3 is 0 Å². The van der Waals surface area contributed by atoms with Crippen LogP contribution in [0.2, 0.25) is 0 Å². The first kappa shape index (κ1) is 17.1. The van der Waals surface area contributed by atoms with Crippen molar-refractivity contribution in [2.45, 2.75) is 0 Å². The first-order valence-electron chi connectivity index (χ1n) is 6.06. The molecule has 0 atom stereocenters. The van der Waals surface area contributed by atoms with Crippen molar-refractivity contribution < 1.29 is 4.79 Å². The molecule has 0 aliphatic carbocycles. The monoisotopic (exact) mass is 261 g/mol. The van der Waals surface area contributed by atoms with Crippen LogP contribution in [0.15, 0.2) is 63.3 Å². The summed E-state index contributed by atoms with van der Waals surface area (Å²) in [7, 11) is 0. The average molecular weight is 261 g/mol. The Morgan fingerprint density at radius 1 is 0.737 bits per heavy atom. The number of nitrogens with zero attached hydrogens (tertiary/aromatic N) is 3. The minimum absolute atomic E-state index is 0.215. The lowest BCUT2D eigenvalue weighted by Gasteiger charge is -2.40. The Kier molecular flexibility index (Phi) is 9.04. The van der Waals surface area contributed by atoms with Crippen LogP contribution in [0.1, 0.15) is 0 Å². The fraction of sp³-hybridized carbons (Fsp3) is 0.267. The largest absolute Gasteiger partial charge is 0.275 e. The van der Waals surface area contributed by atoms with E-state index in [4.69, 9.17) is 0 Å². The van der Waals surface area contributed by atoms with Gasteiger partial charge in [0, 0.05) is 26.2 Å². The van der Waals surface area contributed by atoms with Crippen molar-refractivity contribution in [1.82, 2.24) is 15.1 Å². The van der Waals surface area contributed by atoms with E-state index in [2.05, 4.69) is 32.9 Å². The lowest BCUT2D eigenvalue weighted by Crippen LogP contribution is -2.56. The Bertz CT molecular complexity index is 305. The minimum Gasteiger partial charge on any atom is -0.267 e. The van der Waals surface area contributed by atoms with Crippen LogP contribution in [0.5, 0.6) is 0 Å². The van der Waals surface area contributed by atoms with E-state index in [0.717, 1.165) is 0 Å². The molecule has 0 saturated heterocycles. The molecule has 0 bridgehead atoms. The first-order valence-corrected chi connectivity index (χ1v) is 6.06. The molecule has 104 valence electrons. The molecule has 0 aromatic heterocycles. The van der Waals surface area contributed by atoms with E-state index in [9.17, 15) is 4.79 Å². The summed E-state index contributed by atoms with van der Waals surface area (Å²) in [4.78, 5) is 12.1. The number of hydrazine groups is 2. The van der Waals surface area contributed by atoms with Gasteiger partial charge in [0.05, 0.1) is 0 Å². The van der Waals surface area contributed by atoms with Gasteiger partial charge in [0.1, 0.15) is 0 Å². The Hall–Kier alpha value is -1.91. The molecule has 0 fully saturated rings. The van der Waals surface area contributed by atoms with Crippen molar-refractivity contribution in [3.63, 3.8) is 0 Å². The zero-order valence-electron chi connectivity index (χ0n) is 11.5. The molecular weight excluding hydrogens is 238 g/mol. The predicted molar refractivity (Wildman–Crippen MR) is 81.0 cm³/mol. The van der Waals surface area contributed by atoms with Crippen LogP contribution in [0.25, 0.3) is 0 Å². The highest BCUT2D eigenvalue weighted by Gasteiger charge is 2.23. The lowest BCUT2D eigenvalue weighted by molar-refractivity contribution is -0.184. The molecule has 0 spiro atoms. The highest BCUT2D eigenvalue weighted by atomic mass is 16.2. The van der Waals surface area contributed by atoms with Crippen LogP contribution < -0.4 is 0 Å². The SMILES string of the molecule is C=CCN(CC=C)N(C(=O)C=C)N(CC=C)CC=C. The maximum Gasteiger partial charge on any atom is 0.275 e. The summed E-state index contributed by atoms with van der Waals surface area (Å²) in [6.07, 6.45) is 8.19. The second kappa shape index (κ2) is 10.1. The van der Waals surface area contributed by atoms with Gasteiger partial charge in [-0.3, -0.25) is 4.79 Å². The van der Waals surface area contributed by atoms with Gasteiger partial charge >= 0.3 is 0 Å². The van der Waals surface area contributed by atoms with Crippen molar-refractivity contribution in [2.75, 3.05) is 26.2 Å². The van der Waals surface area contributed by atoms with Gasteiger partial charge in [-0.2, -0.15) is 15.1 Å². The van der Waals surface area contributed by atoms with Crippen LogP contribution in [0.3, 0.4) is 0 Å². The maximum absolute atomic E-state index is 12.1. The normalized spacial score (nSPS) is 10.0. The molecule has 0 heterocycles. The summed E-state index contributed by atoms with van der Waals surface area (Å²) < 4.78 is 0.